The Labute approximate surface area is 173 Å². The van der Waals surface area contributed by atoms with E-state index in [1.165, 1.54) is 24.3 Å². The maximum atomic E-state index is 13.9. The first kappa shape index (κ1) is 21.4. The molecule has 30 heavy (non-hydrogen) atoms. The van der Waals surface area contributed by atoms with Gasteiger partial charge >= 0.3 is 0 Å². The van der Waals surface area contributed by atoms with Gasteiger partial charge in [0, 0.05) is 18.4 Å². The van der Waals surface area contributed by atoms with E-state index >= 15 is 0 Å². The largest absolute Gasteiger partial charge is 0.349 e. The van der Waals surface area contributed by atoms with E-state index in [9.17, 15) is 18.4 Å². The Hall–Kier alpha value is -3.35. The minimum Gasteiger partial charge on any atom is -0.349 e. The minimum absolute atomic E-state index is 0.0255. The molecule has 0 saturated heterocycles. The maximum Gasteiger partial charge on any atom is 0.251 e. The molecule has 0 aliphatic rings. The van der Waals surface area contributed by atoms with Crippen molar-refractivity contribution in [1.29, 1.82) is 0 Å². The molecular formula is C23H23F2N3O2. The zero-order valence-electron chi connectivity index (χ0n) is 16.8. The summed E-state index contributed by atoms with van der Waals surface area (Å²) in [5.74, 6) is -0.663. The molecule has 2 aromatic carbocycles. The lowest BCUT2D eigenvalue weighted by Gasteiger charge is -2.20. The quantitative estimate of drug-likeness (QED) is 0.621. The number of aromatic amines is 1. The molecule has 3 rings (SSSR count). The van der Waals surface area contributed by atoms with Crippen LogP contribution in [0.4, 0.5) is 8.78 Å². The summed E-state index contributed by atoms with van der Waals surface area (Å²) in [5.41, 5.74) is 1.16. The summed E-state index contributed by atoms with van der Waals surface area (Å²) < 4.78 is 27.3. The van der Waals surface area contributed by atoms with E-state index in [-0.39, 0.29) is 35.8 Å². The molecular weight excluding hydrogens is 388 g/mol. The Morgan fingerprint density at radius 1 is 1.10 bits per heavy atom. The standard InChI is InChI=1S/C23H23F2N3O2/c1-14(2)23-26-18(13-22(30)28-23)12-20(15-7-9-17(24)10-8-15)27-21(29)11-16-5-3-4-6-19(16)25/h3-10,13-14,20H,11-12H2,1-2H3,(H,27,29)(H,26,28,30)/t20-/m0/s1. The van der Waals surface area contributed by atoms with Gasteiger partial charge in [0.25, 0.3) is 5.56 Å². The highest BCUT2D eigenvalue weighted by Gasteiger charge is 2.18. The van der Waals surface area contributed by atoms with Crippen LogP contribution in [0, 0.1) is 11.6 Å². The van der Waals surface area contributed by atoms with E-state index in [1.807, 2.05) is 13.8 Å². The van der Waals surface area contributed by atoms with Crippen LogP contribution in [0.15, 0.2) is 59.4 Å². The van der Waals surface area contributed by atoms with Crippen molar-refractivity contribution >= 4 is 5.91 Å². The van der Waals surface area contributed by atoms with E-state index in [0.717, 1.165) is 0 Å². The number of nitrogens with zero attached hydrogens (tertiary/aromatic N) is 1. The number of benzene rings is 2. The molecule has 156 valence electrons. The SMILES string of the molecule is CC(C)c1nc(C[C@H](NC(=O)Cc2ccccc2F)c2ccc(F)cc2)cc(=O)[nH]1. The monoisotopic (exact) mass is 411 g/mol. The predicted molar refractivity (Wildman–Crippen MR) is 110 cm³/mol. The van der Waals surface area contributed by atoms with Crippen molar-refractivity contribution in [2.75, 3.05) is 0 Å². The molecule has 0 spiro atoms. The number of halogens is 2. The molecule has 1 aromatic heterocycles. The van der Waals surface area contributed by atoms with Crippen molar-refractivity contribution in [3.05, 3.63) is 99.2 Å². The zero-order chi connectivity index (χ0) is 21.7. The number of carbonyl (C=O) groups is 1. The van der Waals surface area contributed by atoms with Crippen LogP contribution in [-0.4, -0.2) is 15.9 Å². The smallest absolute Gasteiger partial charge is 0.251 e. The van der Waals surface area contributed by atoms with E-state index in [0.29, 0.717) is 17.1 Å². The minimum atomic E-state index is -0.556. The Balaban J connectivity index is 1.86. The van der Waals surface area contributed by atoms with Crippen molar-refractivity contribution in [2.24, 2.45) is 0 Å². The Bertz CT molecular complexity index is 1080. The molecule has 2 N–H and O–H groups in total. The van der Waals surface area contributed by atoms with Gasteiger partial charge in [0.15, 0.2) is 0 Å². The van der Waals surface area contributed by atoms with Crippen LogP contribution in [0.3, 0.4) is 0 Å². The lowest BCUT2D eigenvalue weighted by Crippen LogP contribution is -2.32. The number of carbonyl (C=O) groups excluding carboxylic acids is 1. The number of H-pyrrole nitrogens is 1. The number of hydrogen-bond donors (Lipinski definition) is 2. The highest BCUT2D eigenvalue weighted by atomic mass is 19.1. The summed E-state index contributed by atoms with van der Waals surface area (Å²) in [4.78, 5) is 31.8. The van der Waals surface area contributed by atoms with Crippen LogP contribution < -0.4 is 10.9 Å². The molecule has 0 saturated carbocycles. The molecule has 0 aliphatic heterocycles. The number of rotatable bonds is 7. The third-order valence-corrected chi connectivity index (χ3v) is 4.69. The molecule has 5 nitrogen and oxygen atoms in total. The summed E-state index contributed by atoms with van der Waals surface area (Å²) >= 11 is 0. The normalized spacial score (nSPS) is 12.0. The average Bonchev–Trinajstić information content (AvgIpc) is 2.69. The first-order chi connectivity index (χ1) is 14.3. The van der Waals surface area contributed by atoms with Gasteiger partial charge in [0.1, 0.15) is 17.5 Å². The highest BCUT2D eigenvalue weighted by Crippen LogP contribution is 2.19. The lowest BCUT2D eigenvalue weighted by atomic mass is 10.0. The van der Waals surface area contributed by atoms with Gasteiger partial charge in [-0.15, -0.1) is 0 Å². The number of nitrogens with one attached hydrogen (secondary N) is 2. The first-order valence-corrected chi connectivity index (χ1v) is 9.70. The van der Waals surface area contributed by atoms with Gasteiger partial charge in [-0.1, -0.05) is 44.2 Å². The maximum absolute atomic E-state index is 13.9. The molecule has 0 aliphatic carbocycles. The van der Waals surface area contributed by atoms with E-state index in [1.54, 1.807) is 30.3 Å². The fourth-order valence-corrected chi connectivity index (χ4v) is 3.12. The fourth-order valence-electron chi connectivity index (χ4n) is 3.12. The van der Waals surface area contributed by atoms with Crippen molar-refractivity contribution < 1.29 is 13.6 Å². The topological polar surface area (TPSA) is 74.8 Å². The van der Waals surface area contributed by atoms with Gasteiger partial charge in [-0.2, -0.15) is 0 Å². The molecule has 1 heterocycles. The van der Waals surface area contributed by atoms with Gasteiger partial charge in [-0.05, 0) is 29.3 Å². The zero-order valence-corrected chi connectivity index (χ0v) is 16.8. The number of amides is 1. The van der Waals surface area contributed by atoms with Crippen LogP contribution in [-0.2, 0) is 17.6 Å². The lowest BCUT2D eigenvalue weighted by molar-refractivity contribution is -0.121. The molecule has 0 radical (unpaired) electrons. The summed E-state index contributed by atoms with van der Waals surface area (Å²) in [6, 6.07) is 12.6. The molecule has 3 aromatic rings. The molecule has 1 amide bonds. The van der Waals surface area contributed by atoms with Gasteiger partial charge in [0.2, 0.25) is 5.91 Å². The number of hydrogen-bond acceptors (Lipinski definition) is 3. The molecule has 0 unspecified atom stereocenters. The fraction of sp³-hybridized carbons (Fsp3) is 0.261. The van der Waals surface area contributed by atoms with Crippen molar-refractivity contribution in [3.63, 3.8) is 0 Å². The number of aromatic nitrogens is 2. The van der Waals surface area contributed by atoms with Crippen molar-refractivity contribution in [3.8, 4) is 0 Å². The second-order valence-corrected chi connectivity index (χ2v) is 7.42. The van der Waals surface area contributed by atoms with Gasteiger partial charge < -0.3 is 10.3 Å². The highest BCUT2D eigenvalue weighted by molar-refractivity contribution is 5.79. The predicted octanol–water partition coefficient (Wildman–Crippen LogP) is 3.81. The van der Waals surface area contributed by atoms with E-state index in [4.69, 9.17) is 0 Å². The molecule has 7 heteroatoms. The third kappa shape index (κ3) is 5.59. The Morgan fingerprint density at radius 3 is 2.47 bits per heavy atom. The van der Waals surface area contributed by atoms with Crippen LogP contribution in [0.5, 0.6) is 0 Å². The van der Waals surface area contributed by atoms with Gasteiger partial charge in [-0.25, -0.2) is 13.8 Å². The molecule has 0 bridgehead atoms. The van der Waals surface area contributed by atoms with Crippen molar-refractivity contribution in [1.82, 2.24) is 15.3 Å². The van der Waals surface area contributed by atoms with Crippen molar-refractivity contribution in [2.45, 2.75) is 38.6 Å². The van der Waals surface area contributed by atoms with Gasteiger partial charge in [0.05, 0.1) is 18.2 Å². The second kappa shape index (κ2) is 9.43. The summed E-state index contributed by atoms with van der Waals surface area (Å²) in [6.07, 6.45) is 0.0999. The van der Waals surface area contributed by atoms with Crippen LogP contribution in [0.2, 0.25) is 0 Å². The van der Waals surface area contributed by atoms with E-state index < -0.39 is 17.7 Å². The summed E-state index contributed by atoms with van der Waals surface area (Å²) in [7, 11) is 0. The van der Waals surface area contributed by atoms with Crippen LogP contribution in [0.1, 0.15) is 48.5 Å². The summed E-state index contributed by atoms with van der Waals surface area (Å²) in [5, 5.41) is 2.86. The van der Waals surface area contributed by atoms with Crippen LogP contribution >= 0.6 is 0 Å². The molecule has 0 fully saturated rings. The Morgan fingerprint density at radius 2 is 1.80 bits per heavy atom. The van der Waals surface area contributed by atoms with Gasteiger partial charge in [-0.3, -0.25) is 9.59 Å². The summed E-state index contributed by atoms with van der Waals surface area (Å²) in [6.45, 7) is 3.82. The second-order valence-electron chi connectivity index (χ2n) is 7.42. The average molecular weight is 411 g/mol. The first-order valence-electron chi connectivity index (χ1n) is 9.70. The third-order valence-electron chi connectivity index (χ3n) is 4.69. The Kier molecular flexibility index (Phi) is 6.72. The van der Waals surface area contributed by atoms with Crippen LogP contribution in [0.25, 0.3) is 0 Å². The molecule has 1 atom stereocenters. The van der Waals surface area contributed by atoms with E-state index in [2.05, 4.69) is 15.3 Å².